The molecule has 0 spiro atoms. The topological polar surface area (TPSA) is 61.8 Å². The lowest BCUT2D eigenvalue weighted by Gasteiger charge is -2.40. The van der Waals surface area contributed by atoms with Gasteiger partial charge in [-0.1, -0.05) is 62.2 Å². The quantitative estimate of drug-likeness (QED) is 0.207. The minimum Gasteiger partial charge on any atom is -0.461 e. The highest BCUT2D eigenvalue weighted by molar-refractivity contribution is 5.69. The summed E-state index contributed by atoms with van der Waals surface area (Å²) in [6, 6.07) is 19.9. The van der Waals surface area contributed by atoms with Gasteiger partial charge in [0.2, 0.25) is 5.95 Å². The lowest BCUT2D eigenvalue weighted by molar-refractivity contribution is -0.147. The van der Waals surface area contributed by atoms with Gasteiger partial charge in [0.05, 0.1) is 0 Å². The van der Waals surface area contributed by atoms with Gasteiger partial charge in [-0.05, 0) is 73.3 Å². The van der Waals surface area contributed by atoms with E-state index in [0.29, 0.717) is 36.9 Å². The van der Waals surface area contributed by atoms with Gasteiger partial charge in [0.1, 0.15) is 12.4 Å². The number of hydrogen-bond acceptors (Lipinski definition) is 7. The van der Waals surface area contributed by atoms with E-state index in [1.807, 2.05) is 54.9 Å². The van der Waals surface area contributed by atoms with E-state index in [4.69, 9.17) is 4.74 Å². The normalized spacial score (nSPS) is 24.6. The van der Waals surface area contributed by atoms with Crippen LogP contribution in [0.4, 0.5) is 10.3 Å². The third-order valence-corrected chi connectivity index (χ3v) is 10.5. The Kier molecular flexibility index (Phi) is 11.3. The first kappa shape index (κ1) is 32.6. The number of anilines is 1. The predicted molar refractivity (Wildman–Crippen MR) is 180 cm³/mol. The number of likely N-dealkylation sites (tertiary alicyclic amines) is 2. The number of carbonyl (C=O) groups is 1. The molecule has 3 aliphatic rings. The van der Waals surface area contributed by atoms with Crippen LogP contribution in [0.2, 0.25) is 0 Å². The molecule has 46 heavy (non-hydrogen) atoms. The van der Waals surface area contributed by atoms with Crippen LogP contribution >= 0.6 is 0 Å². The Hall–Kier alpha value is -3.36. The summed E-state index contributed by atoms with van der Waals surface area (Å²) in [5, 5.41) is 0. The number of rotatable bonds is 12. The molecule has 0 N–H and O–H groups in total. The summed E-state index contributed by atoms with van der Waals surface area (Å²) in [6.07, 6.45) is 11.9. The molecule has 0 bridgehead atoms. The second-order valence-corrected chi connectivity index (χ2v) is 13.6. The summed E-state index contributed by atoms with van der Waals surface area (Å²) in [5.41, 5.74) is 2.12. The van der Waals surface area contributed by atoms with Crippen molar-refractivity contribution in [2.24, 2.45) is 11.8 Å². The zero-order valence-corrected chi connectivity index (χ0v) is 27.4. The number of benzene rings is 2. The average Bonchev–Trinajstić information content (AvgIpc) is 3.51. The van der Waals surface area contributed by atoms with E-state index in [0.717, 1.165) is 94.9 Å². The van der Waals surface area contributed by atoms with Gasteiger partial charge in [-0.2, -0.15) is 0 Å². The van der Waals surface area contributed by atoms with Crippen LogP contribution in [0.25, 0.3) is 0 Å². The van der Waals surface area contributed by atoms with Crippen LogP contribution in [0.5, 0.6) is 0 Å². The first-order valence-corrected chi connectivity index (χ1v) is 17.5. The molecule has 2 aromatic carbocycles. The fourth-order valence-electron chi connectivity index (χ4n) is 8.26. The Bertz CT molecular complexity index is 1370. The summed E-state index contributed by atoms with van der Waals surface area (Å²) in [7, 11) is 0. The molecule has 2 saturated heterocycles. The Balaban J connectivity index is 1.10. The number of esters is 1. The Morgan fingerprint density at radius 3 is 2.48 bits per heavy atom. The van der Waals surface area contributed by atoms with Crippen LogP contribution in [0.1, 0.15) is 75.3 Å². The molecule has 7 nitrogen and oxygen atoms in total. The molecule has 1 unspecified atom stereocenters. The lowest BCUT2D eigenvalue weighted by Crippen LogP contribution is -2.47. The van der Waals surface area contributed by atoms with Crippen LogP contribution in [-0.4, -0.2) is 77.1 Å². The summed E-state index contributed by atoms with van der Waals surface area (Å²) in [6.45, 7) is 8.52. The van der Waals surface area contributed by atoms with Crippen LogP contribution in [0.3, 0.4) is 0 Å². The predicted octanol–water partition coefficient (Wildman–Crippen LogP) is 6.70. The van der Waals surface area contributed by atoms with Crippen molar-refractivity contribution in [1.29, 1.82) is 0 Å². The van der Waals surface area contributed by atoms with Crippen LogP contribution in [-0.2, 0) is 16.1 Å². The van der Waals surface area contributed by atoms with Crippen molar-refractivity contribution in [1.82, 2.24) is 19.8 Å². The van der Waals surface area contributed by atoms with Gasteiger partial charge < -0.3 is 14.5 Å². The molecule has 1 aromatic heterocycles. The molecular formula is C38H50FN5O2. The van der Waals surface area contributed by atoms with Crippen molar-refractivity contribution >= 4 is 11.9 Å². The van der Waals surface area contributed by atoms with E-state index < -0.39 is 0 Å². The number of piperidine rings is 1. The molecule has 0 radical (unpaired) electrons. The number of carbonyl (C=O) groups excluding carboxylic acids is 1. The maximum absolute atomic E-state index is 14.5. The van der Waals surface area contributed by atoms with E-state index in [9.17, 15) is 9.18 Å². The summed E-state index contributed by atoms with van der Waals surface area (Å²) in [4.78, 5) is 29.8. The number of ether oxygens (including phenoxy) is 1. The number of halogens is 1. The highest BCUT2D eigenvalue weighted by atomic mass is 19.1. The largest absolute Gasteiger partial charge is 0.461 e. The summed E-state index contributed by atoms with van der Waals surface area (Å²) >= 11 is 0. The Morgan fingerprint density at radius 2 is 1.72 bits per heavy atom. The van der Waals surface area contributed by atoms with Crippen molar-refractivity contribution in [2.75, 3.05) is 44.2 Å². The van der Waals surface area contributed by atoms with Crippen molar-refractivity contribution in [2.45, 2.75) is 82.9 Å². The van der Waals surface area contributed by atoms with Gasteiger partial charge in [-0.3, -0.25) is 9.69 Å². The van der Waals surface area contributed by atoms with Gasteiger partial charge in [0, 0.05) is 76.1 Å². The maximum atomic E-state index is 14.5. The third kappa shape index (κ3) is 8.31. The van der Waals surface area contributed by atoms with Gasteiger partial charge in [0.15, 0.2) is 0 Å². The van der Waals surface area contributed by atoms with Gasteiger partial charge in [0.25, 0.3) is 0 Å². The molecule has 3 aromatic rings. The molecule has 8 heteroatoms. The van der Waals surface area contributed by atoms with Crippen molar-refractivity contribution in [3.63, 3.8) is 0 Å². The van der Waals surface area contributed by atoms with Gasteiger partial charge in [-0.25, -0.2) is 14.4 Å². The van der Waals surface area contributed by atoms with E-state index in [1.165, 1.54) is 6.42 Å². The van der Waals surface area contributed by atoms with Crippen molar-refractivity contribution in [3.8, 4) is 0 Å². The molecule has 0 amide bonds. The fraction of sp³-hybridized carbons (Fsp3) is 0.553. The average molecular weight is 628 g/mol. The molecule has 3 heterocycles. The number of aromatic nitrogens is 2. The summed E-state index contributed by atoms with van der Waals surface area (Å²) in [5.74, 6) is 1.56. The monoisotopic (exact) mass is 627 g/mol. The minimum absolute atomic E-state index is 0.0981. The molecule has 3 fully saturated rings. The van der Waals surface area contributed by atoms with E-state index in [2.05, 4.69) is 37.7 Å². The second-order valence-electron chi connectivity index (χ2n) is 13.6. The van der Waals surface area contributed by atoms with Crippen LogP contribution in [0.15, 0.2) is 73.1 Å². The smallest absolute Gasteiger partial charge is 0.306 e. The maximum Gasteiger partial charge on any atom is 0.306 e. The lowest BCUT2D eigenvalue weighted by atomic mass is 9.81. The zero-order valence-electron chi connectivity index (χ0n) is 27.4. The summed E-state index contributed by atoms with van der Waals surface area (Å²) < 4.78 is 20.2. The molecule has 6 rings (SSSR count). The van der Waals surface area contributed by atoms with Gasteiger partial charge in [-0.15, -0.1) is 0 Å². The van der Waals surface area contributed by atoms with Gasteiger partial charge >= 0.3 is 5.97 Å². The first-order valence-electron chi connectivity index (χ1n) is 17.5. The Labute approximate surface area is 274 Å². The SMILES string of the molecule is CCCN(c1ncccn1)C1CCN(C[C@H]2CN([C@@H]3CCCCC3CC(=O)OCc3ccccc3)C[C@@H]2c2cccc(F)c2)CC1. The van der Waals surface area contributed by atoms with E-state index in [-0.39, 0.29) is 17.7 Å². The van der Waals surface area contributed by atoms with E-state index in [1.54, 1.807) is 12.1 Å². The molecule has 246 valence electrons. The number of nitrogens with zero attached hydrogens (tertiary/aromatic N) is 5. The first-order chi connectivity index (χ1) is 22.6. The zero-order chi connectivity index (χ0) is 31.7. The highest BCUT2D eigenvalue weighted by Crippen LogP contribution is 2.40. The molecular weight excluding hydrogens is 577 g/mol. The molecule has 1 aliphatic carbocycles. The highest BCUT2D eigenvalue weighted by Gasteiger charge is 2.42. The standard InChI is InChI=1S/C38H50FN5O2/c1-2-20-44(38-40-18-9-19-41-38)34-16-21-42(22-17-34)25-32-26-43(27-35(32)30-13-8-14-33(39)23-30)36-15-7-6-12-31(36)24-37(45)46-28-29-10-4-3-5-11-29/h3-5,8-11,13-14,18-19,23,31-32,34-36H,2,6-7,12,15-17,20-22,24-28H2,1H3/t31?,32-,35+,36+/m0/s1. The third-order valence-electron chi connectivity index (χ3n) is 10.5. The van der Waals surface area contributed by atoms with Crippen molar-refractivity contribution in [3.05, 3.63) is 90.0 Å². The second kappa shape index (κ2) is 16.0. The van der Waals surface area contributed by atoms with E-state index >= 15 is 0 Å². The minimum atomic E-state index is -0.161. The van der Waals surface area contributed by atoms with Crippen LogP contribution < -0.4 is 4.90 Å². The van der Waals surface area contributed by atoms with Crippen molar-refractivity contribution < 1.29 is 13.9 Å². The number of hydrogen-bond donors (Lipinski definition) is 0. The molecule has 4 atom stereocenters. The Morgan fingerprint density at radius 1 is 0.935 bits per heavy atom. The molecule has 2 aliphatic heterocycles. The molecule has 1 saturated carbocycles. The van der Waals surface area contributed by atoms with Crippen LogP contribution in [0, 0.1) is 17.7 Å². The fourth-order valence-corrected chi connectivity index (χ4v) is 8.26.